The number of sulfonamides is 1. The molecule has 0 unspecified atom stereocenters. The summed E-state index contributed by atoms with van der Waals surface area (Å²) in [5, 5.41) is 4.07. The van der Waals surface area contributed by atoms with E-state index in [4.69, 9.17) is 4.74 Å². The number of carbonyl (C=O) groups is 1. The van der Waals surface area contributed by atoms with Gasteiger partial charge in [0.2, 0.25) is 5.03 Å². The van der Waals surface area contributed by atoms with Crippen LogP contribution in [0.1, 0.15) is 23.7 Å². The van der Waals surface area contributed by atoms with Crippen LogP contribution in [0.4, 0.5) is 5.69 Å². The van der Waals surface area contributed by atoms with Crippen LogP contribution in [0.3, 0.4) is 0 Å². The Kier molecular flexibility index (Phi) is 7.44. The number of amides is 1. The van der Waals surface area contributed by atoms with Gasteiger partial charge < -0.3 is 19.4 Å². The molecule has 2 saturated heterocycles. The fourth-order valence-electron chi connectivity index (χ4n) is 4.51. The number of hydrogen-bond donors (Lipinski definition) is 0. The maximum absolute atomic E-state index is 13.6. The van der Waals surface area contributed by atoms with E-state index >= 15 is 0 Å². The Labute approximate surface area is 201 Å². The van der Waals surface area contributed by atoms with Crippen LogP contribution >= 0.6 is 0 Å². The average Bonchev–Trinajstić information content (AvgIpc) is 3.11. The maximum Gasteiger partial charge on any atom is 0.263 e. The summed E-state index contributed by atoms with van der Waals surface area (Å²) in [6, 6.07) is 7.79. The minimum Gasteiger partial charge on any atom is -0.492 e. The summed E-state index contributed by atoms with van der Waals surface area (Å²) in [6.45, 7) is 7.03. The van der Waals surface area contributed by atoms with E-state index in [0.29, 0.717) is 45.9 Å². The molecular formula is C23H34N6O4S. The van der Waals surface area contributed by atoms with Crippen LogP contribution < -0.4 is 9.64 Å². The Morgan fingerprint density at radius 1 is 1.00 bits per heavy atom. The van der Waals surface area contributed by atoms with E-state index in [9.17, 15) is 13.2 Å². The number of hydrogen-bond acceptors (Lipinski definition) is 7. The predicted molar refractivity (Wildman–Crippen MR) is 130 cm³/mol. The van der Waals surface area contributed by atoms with Gasteiger partial charge >= 0.3 is 0 Å². The average molecular weight is 491 g/mol. The lowest BCUT2D eigenvalue weighted by molar-refractivity contribution is 0.0758. The molecular weight excluding hydrogens is 456 g/mol. The van der Waals surface area contributed by atoms with Crippen molar-refractivity contribution >= 4 is 21.6 Å². The van der Waals surface area contributed by atoms with Crippen molar-refractivity contribution in [3.05, 3.63) is 36.0 Å². The van der Waals surface area contributed by atoms with Gasteiger partial charge in [0.05, 0.1) is 17.9 Å². The van der Waals surface area contributed by atoms with Gasteiger partial charge in [0.25, 0.3) is 15.9 Å². The molecule has 2 fully saturated rings. The number of rotatable bonds is 6. The number of benzene rings is 1. The van der Waals surface area contributed by atoms with Crippen molar-refractivity contribution in [2.45, 2.75) is 18.4 Å². The first kappa shape index (κ1) is 24.5. The zero-order valence-corrected chi connectivity index (χ0v) is 21.0. The Balaban J connectivity index is 1.51. The fraction of sp³-hybridized carbons (Fsp3) is 0.565. The number of anilines is 1. The third kappa shape index (κ3) is 5.06. The molecule has 1 aromatic heterocycles. The molecule has 2 aliphatic heterocycles. The van der Waals surface area contributed by atoms with Crippen LogP contribution in [0.2, 0.25) is 0 Å². The summed E-state index contributed by atoms with van der Waals surface area (Å²) in [7, 11) is -0.240. The molecule has 3 heterocycles. The van der Waals surface area contributed by atoms with Crippen molar-refractivity contribution in [2.75, 3.05) is 70.9 Å². The minimum atomic E-state index is -3.92. The molecule has 186 valence electrons. The van der Waals surface area contributed by atoms with Crippen molar-refractivity contribution in [1.82, 2.24) is 23.9 Å². The standard InChI is InChI=1S/C23H34N6O4S/c1-4-33-21-9-6-5-8-20(21)27-14-16-29(17-15-27)34(31,32)22-19(18-26(3)24-22)23(30)28-11-7-10-25(2)12-13-28/h5-6,8-9,18H,4,7,10-17H2,1-3H3. The van der Waals surface area contributed by atoms with E-state index in [-0.39, 0.29) is 16.5 Å². The van der Waals surface area contributed by atoms with Crippen LogP contribution in [-0.2, 0) is 17.1 Å². The first-order valence-electron chi connectivity index (χ1n) is 11.8. The predicted octanol–water partition coefficient (Wildman–Crippen LogP) is 1.11. The van der Waals surface area contributed by atoms with E-state index in [1.165, 1.54) is 15.2 Å². The normalized spacial score (nSPS) is 18.7. The second-order valence-electron chi connectivity index (χ2n) is 8.76. The molecule has 1 aromatic carbocycles. The SMILES string of the molecule is CCOc1ccccc1N1CCN(S(=O)(=O)c2nn(C)cc2C(=O)N2CCCN(C)CC2)CC1. The molecule has 0 spiro atoms. The number of carbonyl (C=O) groups excluding carboxylic acids is 1. The van der Waals surface area contributed by atoms with Crippen LogP contribution in [0.5, 0.6) is 5.75 Å². The van der Waals surface area contributed by atoms with Gasteiger partial charge in [0.15, 0.2) is 0 Å². The van der Waals surface area contributed by atoms with Crippen LogP contribution in [0, 0.1) is 0 Å². The molecule has 2 aliphatic rings. The Morgan fingerprint density at radius 2 is 1.74 bits per heavy atom. The second-order valence-corrected chi connectivity index (χ2v) is 10.6. The van der Waals surface area contributed by atoms with E-state index in [2.05, 4.69) is 14.9 Å². The molecule has 2 aromatic rings. The number of nitrogens with zero attached hydrogens (tertiary/aromatic N) is 6. The molecule has 34 heavy (non-hydrogen) atoms. The zero-order valence-electron chi connectivity index (χ0n) is 20.2. The van der Waals surface area contributed by atoms with Gasteiger partial charge in [-0.1, -0.05) is 12.1 Å². The highest BCUT2D eigenvalue weighted by Gasteiger charge is 2.36. The molecule has 0 N–H and O–H groups in total. The van der Waals surface area contributed by atoms with E-state index < -0.39 is 10.0 Å². The van der Waals surface area contributed by atoms with Gasteiger partial charge in [-0.3, -0.25) is 9.48 Å². The number of likely N-dealkylation sites (N-methyl/N-ethyl adjacent to an activating group) is 1. The zero-order chi connectivity index (χ0) is 24.3. The monoisotopic (exact) mass is 490 g/mol. The molecule has 1 amide bonds. The Bertz CT molecular complexity index is 1110. The lowest BCUT2D eigenvalue weighted by atomic mass is 10.2. The van der Waals surface area contributed by atoms with Crippen molar-refractivity contribution in [3.8, 4) is 5.75 Å². The number of aromatic nitrogens is 2. The highest BCUT2D eigenvalue weighted by molar-refractivity contribution is 7.89. The molecule has 10 nitrogen and oxygen atoms in total. The van der Waals surface area contributed by atoms with Gasteiger partial charge in [-0.15, -0.1) is 0 Å². The Hall–Kier alpha value is -2.63. The molecule has 4 rings (SSSR count). The summed E-state index contributed by atoms with van der Waals surface area (Å²) in [6.07, 6.45) is 2.38. The van der Waals surface area contributed by atoms with E-state index in [0.717, 1.165) is 30.9 Å². The summed E-state index contributed by atoms with van der Waals surface area (Å²) in [5.41, 5.74) is 1.11. The van der Waals surface area contributed by atoms with E-state index in [1.807, 2.05) is 38.2 Å². The first-order chi connectivity index (χ1) is 16.3. The third-order valence-corrected chi connectivity index (χ3v) is 8.20. The van der Waals surface area contributed by atoms with Gasteiger partial charge in [-0.2, -0.15) is 9.40 Å². The highest BCUT2D eigenvalue weighted by atomic mass is 32.2. The minimum absolute atomic E-state index is 0.149. The third-order valence-electron chi connectivity index (χ3n) is 6.36. The lowest BCUT2D eigenvalue weighted by Crippen LogP contribution is -2.49. The molecule has 11 heteroatoms. The molecule has 0 aliphatic carbocycles. The van der Waals surface area contributed by atoms with Gasteiger partial charge in [-0.05, 0) is 39.1 Å². The molecule has 0 saturated carbocycles. The van der Waals surface area contributed by atoms with Crippen molar-refractivity contribution < 1.29 is 17.9 Å². The highest BCUT2D eigenvalue weighted by Crippen LogP contribution is 2.30. The largest absolute Gasteiger partial charge is 0.492 e. The maximum atomic E-state index is 13.6. The van der Waals surface area contributed by atoms with Gasteiger partial charge in [0.1, 0.15) is 5.75 Å². The van der Waals surface area contributed by atoms with Gasteiger partial charge in [0, 0.05) is 59.1 Å². The van der Waals surface area contributed by atoms with Crippen molar-refractivity contribution in [3.63, 3.8) is 0 Å². The second kappa shape index (κ2) is 10.3. The number of piperazine rings is 1. The summed E-state index contributed by atoms with van der Waals surface area (Å²) < 4.78 is 35.7. The number of para-hydroxylation sites is 2. The smallest absolute Gasteiger partial charge is 0.263 e. The molecule has 0 bridgehead atoms. The fourth-order valence-corrected chi connectivity index (χ4v) is 6.05. The summed E-state index contributed by atoms with van der Waals surface area (Å²) >= 11 is 0. The molecule has 0 radical (unpaired) electrons. The summed E-state index contributed by atoms with van der Waals surface area (Å²) in [5.74, 6) is 0.522. The quantitative estimate of drug-likeness (QED) is 0.599. The number of ether oxygens (including phenoxy) is 1. The Morgan fingerprint density at radius 3 is 2.47 bits per heavy atom. The van der Waals surface area contributed by atoms with Crippen LogP contribution in [0.25, 0.3) is 0 Å². The van der Waals surface area contributed by atoms with E-state index in [1.54, 1.807) is 11.9 Å². The summed E-state index contributed by atoms with van der Waals surface area (Å²) in [4.78, 5) is 19.4. The molecule has 0 atom stereocenters. The van der Waals surface area contributed by atoms with Crippen molar-refractivity contribution in [2.24, 2.45) is 7.05 Å². The first-order valence-corrected chi connectivity index (χ1v) is 13.2. The lowest BCUT2D eigenvalue weighted by Gasteiger charge is -2.35. The van der Waals surface area contributed by atoms with Crippen molar-refractivity contribution in [1.29, 1.82) is 0 Å². The van der Waals surface area contributed by atoms with Gasteiger partial charge in [-0.25, -0.2) is 8.42 Å². The van der Waals surface area contributed by atoms with Crippen LogP contribution in [-0.4, -0.2) is 104 Å². The topological polar surface area (TPSA) is 91.2 Å². The number of aryl methyl sites for hydroxylation is 1. The van der Waals surface area contributed by atoms with Crippen LogP contribution in [0.15, 0.2) is 35.5 Å².